The Kier molecular flexibility index (Phi) is 5.24. The number of dihydropyridines is 1. The van der Waals surface area contributed by atoms with E-state index in [4.69, 9.17) is 5.73 Å². The number of aromatic nitrogens is 4. The summed E-state index contributed by atoms with van der Waals surface area (Å²) in [5.74, 6) is 0.462. The van der Waals surface area contributed by atoms with Crippen LogP contribution in [0.15, 0.2) is 66.4 Å². The van der Waals surface area contributed by atoms with Gasteiger partial charge < -0.3 is 11.1 Å². The number of nitrogens with zero attached hydrogens (tertiary/aromatic N) is 3. The van der Waals surface area contributed by atoms with Gasteiger partial charge in [-0.2, -0.15) is 5.10 Å². The minimum atomic E-state index is -0.332. The standard InChI is InChI=1S/C23H19FN6OS/c24-16-4-1-13(2-5-16)3-6-17-20(23-28-12-29-30-23)19(15(11-31)10-27-17)18-9-14-7-8-26-22(25)21(14)32-18/h1-2,4-5,7-12,19,27H,3,6H2,(H2,25,26)(H,28,29,30). The molecular weight excluding hydrogens is 427 g/mol. The van der Waals surface area contributed by atoms with Gasteiger partial charge in [0.05, 0.1) is 10.6 Å². The lowest BCUT2D eigenvalue weighted by molar-refractivity contribution is -0.105. The maximum atomic E-state index is 13.3. The molecule has 4 heterocycles. The van der Waals surface area contributed by atoms with Crippen LogP contribution in [-0.2, 0) is 11.2 Å². The first-order chi connectivity index (χ1) is 15.6. The number of aldehydes is 1. The number of allylic oxidation sites excluding steroid dienone is 3. The SMILES string of the molecule is Nc1nccc2cc(C3C(C=O)=CNC(CCc4ccc(F)cc4)=C3c3ncn[nH]3)sc12. The summed E-state index contributed by atoms with van der Waals surface area (Å²) in [4.78, 5) is 21.5. The number of rotatable bonds is 6. The molecule has 5 rings (SSSR count). The molecule has 1 unspecified atom stereocenters. The van der Waals surface area contributed by atoms with Crippen LogP contribution >= 0.6 is 11.3 Å². The van der Waals surface area contributed by atoms with Crippen molar-refractivity contribution in [1.29, 1.82) is 0 Å². The number of nitrogens with two attached hydrogens (primary N) is 1. The summed E-state index contributed by atoms with van der Waals surface area (Å²) in [6.45, 7) is 0. The first kappa shape index (κ1) is 20.1. The predicted molar refractivity (Wildman–Crippen MR) is 122 cm³/mol. The molecule has 0 spiro atoms. The lowest BCUT2D eigenvalue weighted by Crippen LogP contribution is -2.22. The van der Waals surface area contributed by atoms with Gasteiger partial charge in [-0.15, -0.1) is 11.3 Å². The summed E-state index contributed by atoms with van der Waals surface area (Å²) >= 11 is 1.52. The van der Waals surface area contributed by atoms with Crippen molar-refractivity contribution in [3.63, 3.8) is 0 Å². The van der Waals surface area contributed by atoms with Crippen molar-refractivity contribution < 1.29 is 9.18 Å². The highest BCUT2D eigenvalue weighted by molar-refractivity contribution is 7.19. The molecule has 32 heavy (non-hydrogen) atoms. The number of H-pyrrole nitrogens is 1. The van der Waals surface area contributed by atoms with E-state index in [1.807, 2.05) is 12.1 Å². The van der Waals surface area contributed by atoms with Gasteiger partial charge in [0.25, 0.3) is 0 Å². The van der Waals surface area contributed by atoms with Crippen molar-refractivity contribution in [2.75, 3.05) is 5.73 Å². The van der Waals surface area contributed by atoms with Crippen molar-refractivity contribution in [3.05, 3.63) is 88.5 Å². The van der Waals surface area contributed by atoms with E-state index in [2.05, 4.69) is 25.5 Å². The summed E-state index contributed by atoms with van der Waals surface area (Å²) in [6, 6.07) is 10.4. The second-order valence-electron chi connectivity index (χ2n) is 7.46. The maximum absolute atomic E-state index is 13.3. The smallest absolute Gasteiger partial charge is 0.154 e. The number of nitrogens with one attached hydrogen (secondary N) is 2. The molecule has 0 saturated carbocycles. The molecular formula is C23H19FN6OS. The fourth-order valence-corrected chi connectivity index (χ4v) is 5.17. The summed E-state index contributed by atoms with van der Waals surface area (Å²) in [5, 5.41) is 11.2. The molecule has 1 aromatic carbocycles. The number of aromatic amines is 1. The van der Waals surface area contributed by atoms with Gasteiger partial charge in [-0.25, -0.2) is 14.4 Å². The Labute approximate surface area is 186 Å². The van der Waals surface area contributed by atoms with Crippen LogP contribution in [0.25, 0.3) is 15.7 Å². The highest BCUT2D eigenvalue weighted by Crippen LogP contribution is 2.45. The molecule has 4 aromatic rings. The molecule has 7 nitrogen and oxygen atoms in total. The highest BCUT2D eigenvalue weighted by Gasteiger charge is 2.31. The second kappa shape index (κ2) is 8.35. The number of carbonyl (C=O) groups excluding carboxylic acids is 1. The van der Waals surface area contributed by atoms with E-state index in [1.54, 1.807) is 24.5 Å². The second-order valence-corrected chi connectivity index (χ2v) is 8.54. The topological polar surface area (TPSA) is 110 Å². The number of fused-ring (bicyclic) bond motifs is 1. The van der Waals surface area contributed by atoms with E-state index in [9.17, 15) is 9.18 Å². The van der Waals surface area contributed by atoms with Gasteiger partial charge in [0.1, 0.15) is 24.2 Å². The number of aryl methyl sites for hydroxylation is 1. The Balaban J connectivity index is 1.60. The van der Waals surface area contributed by atoms with Crippen LogP contribution in [0.2, 0.25) is 0 Å². The van der Waals surface area contributed by atoms with Crippen LogP contribution < -0.4 is 11.1 Å². The average molecular weight is 447 g/mol. The molecule has 1 aliphatic rings. The van der Waals surface area contributed by atoms with Gasteiger partial charge in [0.2, 0.25) is 0 Å². The van der Waals surface area contributed by atoms with Crippen LogP contribution in [0.4, 0.5) is 10.2 Å². The molecule has 0 aliphatic carbocycles. The van der Waals surface area contributed by atoms with Crippen molar-refractivity contribution in [3.8, 4) is 0 Å². The van der Waals surface area contributed by atoms with E-state index in [1.165, 1.54) is 29.8 Å². The first-order valence-electron chi connectivity index (χ1n) is 10.0. The fraction of sp³-hybridized carbons (Fsp3) is 0.130. The number of halogens is 1. The summed E-state index contributed by atoms with van der Waals surface area (Å²) in [5.41, 5.74) is 9.45. The van der Waals surface area contributed by atoms with E-state index in [0.717, 1.165) is 38.1 Å². The molecule has 9 heteroatoms. The van der Waals surface area contributed by atoms with Crippen LogP contribution in [0.1, 0.15) is 28.6 Å². The van der Waals surface area contributed by atoms with Crippen LogP contribution in [0.5, 0.6) is 0 Å². The van der Waals surface area contributed by atoms with E-state index in [-0.39, 0.29) is 11.7 Å². The number of anilines is 1. The summed E-state index contributed by atoms with van der Waals surface area (Å²) in [6.07, 6.45) is 7.06. The molecule has 0 bridgehead atoms. The molecule has 0 saturated heterocycles. The lowest BCUT2D eigenvalue weighted by atomic mass is 9.85. The number of pyridine rings is 1. The zero-order valence-electron chi connectivity index (χ0n) is 16.9. The Morgan fingerprint density at radius 3 is 2.72 bits per heavy atom. The van der Waals surface area contributed by atoms with Crippen LogP contribution in [0.3, 0.4) is 0 Å². The summed E-state index contributed by atoms with van der Waals surface area (Å²) in [7, 11) is 0. The van der Waals surface area contributed by atoms with Crippen molar-refractivity contribution in [2.24, 2.45) is 0 Å². The number of carbonyl (C=O) groups is 1. The molecule has 3 aromatic heterocycles. The highest BCUT2D eigenvalue weighted by atomic mass is 32.1. The van der Waals surface area contributed by atoms with Gasteiger partial charge in [-0.05, 0) is 48.1 Å². The Bertz CT molecular complexity index is 1340. The van der Waals surface area contributed by atoms with Crippen molar-refractivity contribution in [1.82, 2.24) is 25.5 Å². The average Bonchev–Trinajstić information content (AvgIpc) is 3.49. The van der Waals surface area contributed by atoms with Gasteiger partial charge >= 0.3 is 0 Å². The van der Waals surface area contributed by atoms with E-state index < -0.39 is 0 Å². The zero-order valence-corrected chi connectivity index (χ0v) is 17.7. The van der Waals surface area contributed by atoms with E-state index in [0.29, 0.717) is 30.1 Å². The molecule has 1 atom stereocenters. The Hall–Kier alpha value is -3.85. The van der Waals surface area contributed by atoms with Crippen LogP contribution in [-0.4, -0.2) is 26.5 Å². The third-order valence-corrected chi connectivity index (χ3v) is 6.75. The third-order valence-electron chi connectivity index (χ3n) is 5.51. The minimum absolute atomic E-state index is 0.261. The number of hydrogen-bond acceptors (Lipinski definition) is 7. The molecule has 0 amide bonds. The molecule has 0 radical (unpaired) electrons. The van der Waals surface area contributed by atoms with Crippen molar-refractivity contribution in [2.45, 2.75) is 18.8 Å². The van der Waals surface area contributed by atoms with Crippen LogP contribution in [0, 0.1) is 5.82 Å². The zero-order chi connectivity index (χ0) is 22.1. The largest absolute Gasteiger partial charge is 0.383 e. The molecule has 1 aliphatic heterocycles. The predicted octanol–water partition coefficient (Wildman–Crippen LogP) is 3.95. The normalized spacial score (nSPS) is 16.2. The molecule has 160 valence electrons. The summed E-state index contributed by atoms with van der Waals surface area (Å²) < 4.78 is 14.2. The first-order valence-corrected chi connectivity index (χ1v) is 10.8. The van der Waals surface area contributed by atoms with Crippen molar-refractivity contribution >= 4 is 39.1 Å². The fourth-order valence-electron chi connectivity index (χ4n) is 3.97. The number of thiophene rings is 1. The minimum Gasteiger partial charge on any atom is -0.383 e. The quantitative estimate of drug-likeness (QED) is 0.387. The van der Waals surface area contributed by atoms with E-state index >= 15 is 0 Å². The lowest BCUT2D eigenvalue weighted by Gasteiger charge is -2.27. The number of hydrogen-bond donors (Lipinski definition) is 3. The van der Waals surface area contributed by atoms with Gasteiger partial charge in [0.15, 0.2) is 5.82 Å². The number of nitrogen functional groups attached to an aromatic ring is 1. The Morgan fingerprint density at radius 2 is 2.00 bits per heavy atom. The molecule has 0 fully saturated rings. The number of benzene rings is 1. The van der Waals surface area contributed by atoms with Gasteiger partial charge in [-0.3, -0.25) is 9.89 Å². The molecule has 4 N–H and O–H groups in total. The van der Waals surface area contributed by atoms with Gasteiger partial charge in [0, 0.05) is 34.1 Å². The van der Waals surface area contributed by atoms with Gasteiger partial charge in [-0.1, -0.05) is 12.1 Å². The third kappa shape index (κ3) is 3.67. The maximum Gasteiger partial charge on any atom is 0.154 e. The monoisotopic (exact) mass is 446 g/mol. The Morgan fingerprint density at radius 1 is 1.16 bits per heavy atom.